The predicted octanol–water partition coefficient (Wildman–Crippen LogP) is 1.40. The molecule has 3 rings (SSSR count). The van der Waals surface area contributed by atoms with E-state index in [0.717, 1.165) is 17.1 Å². The Bertz CT molecular complexity index is 603. The van der Waals surface area contributed by atoms with Gasteiger partial charge in [0, 0.05) is 49.1 Å². The zero-order chi connectivity index (χ0) is 15.4. The van der Waals surface area contributed by atoms with Crippen LogP contribution in [0.4, 0.5) is 5.69 Å². The van der Waals surface area contributed by atoms with Gasteiger partial charge in [0.2, 0.25) is 5.91 Å². The van der Waals surface area contributed by atoms with Crippen molar-refractivity contribution in [1.82, 2.24) is 9.88 Å². The zero-order valence-corrected chi connectivity index (χ0v) is 13.1. The molecule has 1 atom stereocenters. The first-order valence-corrected chi connectivity index (χ1v) is 8.23. The molecule has 0 aliphatic carbocycles. The number of aliphatic hydroxyl groups is 1. The van der Waals surface area contributed by atoms with Crippen molar-refractivity contribution in [2.45, 2.75) is 12.5 Å². The molecule has 1 saturated heterocycles. The number of aromatic nitrogens is 1. The standard InChI is InChI=1S/C16H19N3O2S/c20-14-11-18(13-3-5-17-6-4-13)7-8-19(12-14)16(21)10-15-2-1-9-22-15/h1-6,9,14,20H,7-8,10-12H2/t14-/m1/s1. The minimum absolute atomic E-state index is 0.0816. The molecular weight excluding hydrogens is 298 g/mol. The lowest BCUT2D eigenvalue weighted by Crippen LogP contribution is -2.38. The Labute approximate surface area is 133 Å². The molecule has 1 N–H and O–H groups in total. The lowest BCUT2D eigenvalue weighted by molar-refractivity contribution is -0.131. The second kappa shape index (κ2) is 6.89. The Morgan fingerprint density at radius 1 is 1.27 bits per heavy atom. The number of carbonyl (C=O) groups excluding carboxylic acids is 1. The van der Waals surface area contributed by atoms with E-state index >= 15 is 0 Å². The monoisotopic (exact) mass is 317 g/mol. The van der Waals surface area contributed by atoms with Gasteiger partial charge in [-0.25, -0.2) is 0 Å². The number of thiophene rings is 1. The first-order chi connectivity index (χ1) is 10.7. The number of hydrogen-bond acceptors (Lipinski definition) is 5. The summed E-state index contributed by atoms with van der Waals surface area (Å²) in [5.74, 6) is 0.0816. The van der Waals surface area contributed by atoms with Gasteiger partial charge in [-0.15, -0.1) is 11.3 Å². The molecule has 1 aliphatic rings. The summed E-state index contributed by atoms with van der Waals surface area (Å²) in [7, 11) is 0. The van der Waals surface area contributed by atoms with Crippen LogP contribution in [0.5, 0.6) is 0 Å². The Hall–Kier alpha value is -1.92. The van der Waals surface area contributed by atoms with Crippen molar-refractivity contribution >= 4 is 22.9 Å². The van der Waals surface area contributed by atoms with E-state index in [-0.39, 0.29) is 5.91 Å². The summed E-state index contributed by atoms with van der Waals surface area (Å²) in [6.45, 7) is 2.28. The van der Waals surface area contributed by atoms with Crippen LogP contribution in [-0.2, 0) is 11.2 Å². The Morgan fingerprint density at radius 2 is 2.09 bits per heavy atom. The molecule has 1 aliphatic heterocycles. The molecule has 3 heterocycles. The number of β-amino-alcohol motifs (C(OH)–C–C–N with tert-alkyl or cyclic N) is 1. The highest BCUT2D eigenvalue weighted by molar-refractivity contribution is 7.10. The maximum atomic E-state index is 12.4. The van der Waals surface area contributed by atoms with E-state index in [0.29, 0.717) is 26.1 Å². The van der Waals surface area contributed by atoms with Crippen molar-refractivity contribution in [3.05, 3.63) is 46.9 Å². The number of amides is 1. The maximum Gasteiger partial charge on any atom is 0.227 e. The second-order valence-corrected chi connectivity index (χ2v) is 6.43. The first-order valence-electron chi connectivity index (χ1n) is 7.35. The average molecular weight is 317 g/mol. The summed E-state index contributed by atoms with van der Waals surface area (Å²) in [5.41, 5.74) is 1.03. The normalized spacial score (nSPS) is 19.0. The third-order valence-electron chi connectivity index (χ3n) is 3.79. The summed E-state index contributed by atoms with van der Waals surface area (Å²) >= 11 is 1.59. The number of nitrogens with zero attached hydrogens (tertiary/aromatic N) is 3. The Balaban J connectivity index is 1.65. The van der Waals surface area contributed by atoms with E-state index in [1.807, 2.05) is 29.6 Å². The smallest absolute Gasteiger partial charge is 0.227 e. The van der Waals surface area contributed by atoms with Crippen molar-refractivity contribution in [3.8, 4) is 0 Å². The van der Waals surface area contributed by atoms with Crippen molar-refractivity contribution < 1.29 is 9.90 Å². The van der Waals surface area contributed by atoms with Gasteiger partial charge in [0.25, 0.3) is 0 Å². The molecule has 0 bridgehead atoms. The fraction of sp³-hybridized carbons (Fsp3) is 0.375. The van der Waals surface area contributed by atoms with Crippen LogP contribution >= 0.6 is 11.3 Å². The molecule has 5 nitrogen and oxygen atoms in total. The summed E-state index contributed by atoms with van der Waals surface area (Å²) < 4.78 is 0. The van der Waals surface area contributed by atoms with Gasteiger partial charge in [-0.05, 0) is 23.6 Å². The molecule has 0 saturated carbocycles. The predicted molar refractivity (Wildman–Crippen MR) is 87.1 cm³/mol. The molecule has 0 spiro atoms. The van der Waals surface area contributed by atoms with Gasteiger partial charge in [-0.2, -0.15) is 0 Å². The fourth-order valence-corrected chi connectivity index (χ4v) is 3.38. The summed E-state index contributed by atoms with van der Waals surface area (Å²) in [6.07, 6.45) is 3.36. The zero-order valence-electron chi connectivity index (χ0n) is 12.3. The molecule has 22 heavy (non-hydrogen) atoms. The van der Waals surface area contributed by atoms with E-state index in [2.05, 4.69) is 9.88 Å². The number of aliphatic hydroxyl groups excluding tert-OH is 1. The number of anilines is 1. The highest BCUT2D eigenvalue weighted by atomic mass is 32.1. The quantitative estimate of drug-likeness (QED) is 0.929. The first kappa shape index (κ1) is 15.0. The van der Waals surface area contributed by atoms with Crippen LogP contribution in [-0.4, -0.2) is 53.2 Å². The maximum absolute atomic E-state index is 12.4. The number of rotatable bonds is 3. The molecule has 2 aromatic rings. The fourth-order valence-electron chi connectivity index (χ4n) is 2.68. The van der Waals surface area contributed by atoms with Crippen molar-refractivity contribution in [2.75, 3.05) is 31.1 Å². The molecule has 1 fully saturated rings. The van der Waals surface area contributed by atoms with E-state index in [4.69, 9.17) is 0 Å². The molecule has 1 amide bonds. The van der Waals surface area contributed by atoms with Gasteiger partial charge in [-0.1, -0.05) is 6.07 Å². The summed E-state index contributed by atoms with van der Waals surface area (Å²) in [6, 6.07) is 7.78. The molecule has 0 aromatic carbocycles. The lowest BCUT2D eigenvalue weighted by atomic mass is 10.2. The van der Waals surface area contributed by atoms with Crippen LogP contribution < -0.4 is 4.90 Å². The van der Waals surface area contributed by atoms with Crippen molar-refractivity contribution in [1.29, 1.82) is 0 Å². The van der Waals surface area contributed by atoms with Crippen LogP contribution in [0.2, 0.25) is 0 Å². The van der Waals surface area contributed by atoms with E-state index in [1.54, 1.807) is 28.6 Å². The van der Waals surface area contributed by atoms with Gasteiger partial charge < -0.3 is 14.9 Å². The van der Waals surface area contributed by atoms with Gasteiger partial charge in [0.05, 0.1) is 12.5 Å². The second-order valence-electron chi connectivity index (χ2n) is 5.40. The van der Waals surface area contributed by atoms with Crippen LogP contribution in [0.15, 0.2) is 42.0 Å². The highest BCUT2D eigenvalue weighted by Gasteiger charge is 2.24. The van der Waals surface area contributed by atoms with Crippen LogP contribution in [0.1, 0.15) is 4.88 Å². The number of carbonyl (C=O) groups is 1. The molecule has 6 heteroatoms. The van der Waals surface area contributed by atoms with Crippen molar-refractivity contribution in [2.24, 2.45) is 0 Å². The molecule has 2 aromatic heterocycles. The van der Waals surface area contributed by atoms with Gasteiger partial charge in [0.15, 0.2) is 0 Å². The Morgan fingerprint density at radius 3 is 2.82 bits per heavy atom. The molecule has 116 valence electrons. The van der Waals surface area contributed by atoms with E-state index in [1.165, 1.54) is 0 Å². The van der Waals surface area contributed by atoms with Gasteiger partial charge in [-0.3, -0.25) is 9.78 Å². The van der Waals surface area contributed by atoms with Crippen LogP contribution in [0, 0.1) is 0 Å². The van der Waals surface area contributed by atoms with E-state index < -0.39 is 6.10 Å². The Kier molecular flexibility index (Phi) is 4.70. The molecule has 0 unspecified atom stereocenters. The van der Waals surface area contributed by atoms with Crippen molar-refractivity contribution in [3.63, 3.8) is 0 Å². The van der Waals surface area contributed by atoms with Gasteiger partial charge in [0.1, 0.15) is 0 Å². The highest BCUT2D eigenvalue weighted by Crippen LogP contribution is 2.17. The average Bonchev–Trinajstić information content (AvgIpc) is 2.95. The SMILES string of the molecule is O=C(Cc1cccs1)N1CCN(c2ccncc2)C[C@@H](O)C1. The third kappa shape index (κ3) is 3.64. The largest absolute Gasteiger partial charge is 0.389 e. The lowest BCUT2D eigenvalue weighted by Gasteiger charge is -2.23. The van der Waals surface area contributed by atoms with Gasteiger partial charge >= 0.3 is 0 Å². The minimum atomic E-state index is -0.539. The molecular formula is C16H19N3O2S. The number of hydrogen-bond donors (Lipinski definition) is 1. The van der Waals surface area contributed by atoms with Crippen LogP contribution in [0.25, 0.3) is 0 Å². The summed E-state index contributed by atoms with van der Waals surface area (Å²) in [4.78, 5) is 21.4. The third-order valence-corrected chi connectivity index (χ3v) is 4.66. The minimum Gasteiger partial charge on any atom is -0.389 e. The molecule has 0 radical (unpaired) electrons. The summed E-state index contributed by atoms with van der Waals surface area (Å²) in [5, 5.41) is 12.2. The number of pyridine rings is 1. The van der Waals surface area contributed by atoms with Crippen LogP contribution in [0.3, 0.4) is 0 Å². The van der Waals surface area contributed by atoms with E-state index in [9.17, 15) is 9.90 Å². The topological polar surface area (TPSA) is 56.7 Å².